The Bertz CT molecular complexity index is 1050. The largest absolute Gasteiger partial charge is 0.504 e. The van der Waals surface area contributed by atoms with Crippen molar-refractivity contribution >= 4 is 11.6 Å². The monoisotopic (exact) mass is 377 g/mol. The van der Waals surface area contributed by atoms with Crippen molar-refractivity contribution in [3.63, 3.8) is 0 Å². The molecule has 1 amide bonds. The van der Waals surface area contributed by atoms with Gasteiger partial charge in [-0.05, 0) is 54.4 Å². The second kappa shape index (κ2) is 8.26. The molecule has 142 valence electrons. The van der Waals surface area contributed by atoms with Crippen molar-refractivity contribution in [1.82, 2.24) is 0 Å². The fraction of sp³-hybridized carbons (Fsp3) is 0.0909. The van der Waals surface area contributed by atoms with E-state index in [0.717, 1.165) is 17.7 Å². The Morgan fingerprint density at radius 3 is 2.29 bits per heavy atom. The molecule has 0 aliphatic rings. The number of nitrogens with one attached hydrogen (secondary N) is 1. The van der Waals surface area contributed by atoms with Gasteiger partial charge in [-0.2, -0.15) is 0 Å². The highest BCUT2D eigenvalue weighted by Crippen LogP contribution is 2.20. The first kappa shape index (κ1) is 19.0. The van der Waals surface area contributed by atoms with Gasteiger partial charge < -0.3 is 20.3 Å². The van der Waals surface area contributed by atoms with Gasteiger partial charge in [0, 0.05) is 11.3 Å². The minimum Gasteiger partial charge on any atom is -0.504 e. The van der Waals surface area contributed by atoms with Crippen molar-refractivity contribution in [1.29, 1.82) is 0 Å². The Balaban J connectivity index is 1.71. The standard InChI is InChI=1S/C22H19NO5/c1-14-11-19(24)21(26)20(25)12-18(14)22(27)23-16-7-9-17(10-8-16)28-13-15-5-3-2-4-6-15/h2-12H,13H2,1H3,(H,23,27)(H2,24,25,26). The van der Waals surface area contributed by atoms with Crippen molar-refractivity contribution in [3.05, 3.63) is 93.6 Å². The SMILES string of the molecule is Cc1cc(O)c(=O)c(O)cc1C(=O)Nc1ccc(OCc2ccccc2)cc1. The van der Waals surface area contributed by atoms with Crippen LogP contribution in [0.4, 0.5) is 5.69 Å². The summed E-state index contributed by atoms with van der Waals surface area (Å²) < 4.78 is 5.70. The molecular weight excluding hydrogens is 358 g/mol. The highest BCUT2D eigenvalue weighted by atomic mass is 16.5. The van der Waals surface area contributed by atoms with Crippen LogP contribution in [0.5, 0.6) is 17.2 Å². The molecule has 0 aliphatic heterocycles. The van der Waals surface area contributed by atoms with Crippen LogP contribution in [0.1, 0.15) is 21.5 Å². The van der Waals surface area contributed by atoms with E-state index in [9.17, 15) is 19.8 Å². The number of benzene rings is 2. The lowest BCUT2D eigenvalue weighted by Gasteiger charge is -2.09. The van der Waals surface area contributed by atoms with Gasteiger partial charge in [0.2, 0.25) is 0 Å². The first-order valence-electron chi connectivity index (χ1n) is 8.59. The van der Waals surface area contributed by atoms with Crippen LogP contribution in [0.3, 0.4) is 0 Å². The lowest BCUT2D eigenvalue weighted by atomic mass is 10.1. The van der Waals surface area contributed by atoms with Crippen molar-refractivity contribution in [3.8, 4) is 17.2 Å². The lowest BCUT2D eigenvalue weighted by molar-refractivity contribution is 0.102. The highest BCUT2D eigenvalue weighted by Gasteiger charge is 2.13. The average Bonchev–Trinajstić information content (AvgIpc) is 2.79. The summed E-state index contributed by atoms with van der Waals surface area (Å²) in [6, 6.07) is 18.8. The molecule has 3 N–H and O–H groups in total. The normalized spacial score (nSPS) is 10.3. The zero-order valence-electron chi connectivity index (χ0n) is 15.2. The Kier molecular flexibility index (Phi) is 5.60. The summed E-state index contributed by atoms with van der Waals surface area (Å²) in [5.41, 5.74) is 1.08. The summed E-state index contributed by atoms with van der Waals surface area (Å²) in [4.78, 5) is 24.1. The summed E-state index contributed by atoms with van der Waals surface area (Å²) in [5.74, 6) is -1.17. The molecule has 3 aromatic carbocycles. The number of hydrogen-bond acceptors (Lipinski definition) is 5. The molecule has 28 heavy (non-hydrogen) atoms. The number of carbonyl (C=O) groups is 1. The predicted octanol–water partition coefficient (Wildman–Crippen LogP) is 3.60. The maximum atomic E-state index is 12.5. The number of rotatable bonds is 5. The topological polar surface area (TPSA) is 95.9 Å². The maximum Gasteiger partial charge on any atom is 0.261 e. The predicted molar refractivity (Wildman–Crippen MR) is 106 cm³/mol. The fourth-order valence-electron chi connectivity index (χ4n) is 2.61. The van der Waals surface area contributed by atoms with Gasteiger partial charge in [0.05, 0.1) is 0 Å². The van der Waals surface area contributed by atoms with Crippen LogP contribution in [0, 0.1) is 6.92 Å². The van der Waals surface area contributed by atoms with E-state index >= 15 is 0 Å². The van der Waals surface area contributed by atoms with E-state index in [-0.39, 0.29) is 5.56 Å². The van der Waals surface area contributed by atoms with Crippen LogP contribution in [0.25, 0.3) is 0 Å². The van der Waals surface area contributed by atoms with E-state index in [4.69, 9.17) is 4.74 Å². The molecule has 0 saturated carbocycles. The summed E-state index contributed by atoms with van der Waals surface area (Å²) in [6.07, 6.45) is 0. The quantitative estimate of drug-likeness (QED) is 0.631. The molecule has 0 aromatic heterocycles. The third-order valence-electron chi connectivity index (χ3n) is 4.13. The third-order valence-corrected chi connectivity index (χ3v) is 4.13. The number of aryl methyl sites for hydroxylation is 1. The van der Waals surface area contributed by atoms with Crippen LogP contribution in [-0.2, 0) is 6.61 Å². The first-order valence-corrected chi connectivity index (χ1v) is 8.59. The fourth-order valence-corrected chi connectivity index (χ4v) is 2.61. The van der Waals surface area contributed by atoms with Crippen molar-refractivity contribution in [2.75, 3.05) is 5.32 Å². The Hall–Kier alpha value is -3.80. The van der Waals surface area contributed by atoms with Crippen LogP contribution in [-0.4, -0.2) is 16.1 Å². The van der Waals surface area contributed by atoms with E-state index in [0.29, 0.717) is 23.6 Å². The van der Waals surface area contributed by atoms with E-state index in [2.05, 4.69) is 5.32 Å². The smallest absolute Gasteiger partial charge is 0.261 e. The summed E-state index contributed by atoms with van der Waals surface area (Å²) in [5, 5.41) is 22.0. The van der Waals surface area contributed by atoms with E-state index in [1.54, 1.807) is 31.2 Å². The lowest BCUT2D eigenvalue weighted by Crippen LogP contribution is -2.12. The molecule has 0 heterocycles. The van der Waals surface area contributed by atoms with Gasteiger partial charge in [-0.15, -0.1) is 0 Å². The zero-order valence-corrected chi connectivity index (χ0v) is 15.2. The molecule has 6 nitrogen and oxygen atoms in total. The van der Waals surface area contributed by atoms with Crippen LogP contribution < -0.4 is 15.5 Å². The first-order chi connectivity index (χ1) is 13.4. The summed E-state index contributed by atoms with van der Waals surface area (Å²) >= 11 is 0. The third kappa shape index (κ3) is 4.48. The number of hydrogen-bond donors (Lipinski definition) is 3. The highest BCUT2D eigenvalue weighted by molar-refractivity contribution is 6.05. The van der Waals surface area contributed by atoms with E-state index < -0.39 is 22.8 Å². The second-order valence-corrected chi connectivity index (χ2v) is 6.24. The van der Waals surface area contributed by atoms with Gasteiger partial charge in [-0.25, -0.2) is 0 Å². The molecule has 6 heteroatoms. The van der Waals surface area contributed by atoms with Gasteiger partial charge in [-0.3, -0.25) is 9.59 Å². The molecule has 0 atom stereocenters. The van der Waals surface area contributed by atoms with Crippen LogP contribution >= 0.6 is 0 Å². The van der Waals surface area contributed by atoms with E-state index in [1.807, 2.05) is 30.3 Å². The number of amides is 1. The molecule has 0 saturated heterocycles. The molecular formula is C22H19NO5. The molecule has 0 unspecified atom stereocenters. The minimum atomic E-state index is -0.929. The molecule has 0 bridgehead atoms. The van der Waals surface area contributed by atoms with Gasteiger partial charge in [0.1, 0.15) is 12.4 Å². The minimum absolute atomic E-state index is 0.0827. The molecule has 0 radical (unpaired) electrons. The van der Waals surface area contributed by atoms with Gasteiger partial charge in [-0.1, -0.05) is 30.3 Å². The van der Waals surface area contributed by atoms with Crippen LogP contribution in [0.2, 0.25) is 0 Å². The Morgan fingerprint density at radius 2 is 1.61 bits per heavy atom. The molecule has 3 aromatic rings. The average molecular weight is 377 g/mol. The Labute approximate surface area is 161 Å². The molecule has 0 aliphatic carbocycles. The Morgan fingerprint density at radius 1 is 0.964 bits per heavy atom. The molecule has 0 fully saturated rings. The molecule has 3 rings (SSSR count). The number of anilines is 1. The van der Waals surface area contributed by atoms with E-state index in [1.165, 1.54) is 0 Å². The summed E-state index contributed by atoms with van der Waals surface area (Å²) in [6.45, 7) is 2.00. The van der Waals surface area contributed by atoms with Crippen LogP contribution in [0.15, 0.2) is 71.5 Å². The van der Waals surface area contributed by atoms with Crippen molar-refractivity contribution in [2.24, 2.45) is 0 Å². The number of aromatic hydroxyl groups is 2. The van der Waals surface area contributed by atoms with Crippen molar-refractivity contribution in [2.45, 2.75) is 13.5 Å². The maximum absolute atomic E-state index is 12.5. The number of ether oxygens (including phenoxy) is 1. The summed E-state index contributed by atoms with van der Waals surface area (Å²) in [7, 11) is 0. The second-order valence-electron chi connectivity index (χ2n) is 6.24. The molecule has 0 spiro atoms. The zero-order chi connectivity index (χ0) is 20.1. The number of carbonyl (C=O) groups excluding carboxylic acids is 1. The van der Waals surface area contributed by atoms with Crippen molar-refractivity contribution < 1.29 is 19.7 Å². The van der Waals surface area contributed by atoms with Gasteiger partial charge in [0.15, 0.2) is 11.5 Å². The van der Waals surface area contributed by atoms with Gasteiger partial charge in [0.25, 0.3) is 11.3 Å². The van der Waals surface area contributed by atoms with Gasteiger partial charge >= 0.3 is 0 Å².